The maximum absolute atomic E-state index is 12.3. The molecule has 4 rings (SSSR count). The van der Waals surface area contributed by atoms with E-state index in [1.54, 1.807) is 10.9 Å². The number of nitrogens with zero attached hydrogens (tertiary/aromatic N) is 3. The molecule has 0 spiro atoms. The zero-order valence-electron chi connectivity index (χ0n) is 14.9. The first-order valence-electron chi connectivity index (χ1n) is 8.75. The van der Waals surface area contributed by atoms with Crippen LogP contribution in [0.4, 0.5) is 5.95 Å². The normalized spacial score (nSPS) is 14.0. The van der Waals surface area contributed by atoms with Gasteiger partial charge in [0.2, 0.25) is 5.95 Å². The molecule has 0 aliphatic heterocycles. The minimum Gasteiger partial charge on any atom is -0.352 e. The summed E-state index contributed by atoms with van der Waals surface area (Å²) in [5.74, 6) is 0.476. The van der Waals surface area contributed by atoms with Crippen molar-refractivity contribution in [2.75, 3.05) is 5.32 Å². The molecule has 0 fully saturated rings. The summed E-state index contributed by atoms with van der Waals surface area (Å²) in [4.78, 5) is 19.7. The van der Waals surface area contributed by atoms with Gasteiger partial charge in [-0.3, -0.25) is 9.78 Å². The van der Waals surface area contributed by atoms with E-state index in [1.807, 2.05) is 20.8 Å². The monoisotopic (exact) mass is 337 g/mol. The topological polar surface area (TPSA) is 75.6 Å². The highest BCUT2D eigenvalue weighted by atomic mass is 16.1. The lowest BCUT2D eigenvalue weighted by atomic mass is 10.1. The summed E-state index contributed by atoms with van der Waals surface area (Å²) in [5.41, 5.74) is 4.31. The first kappa shape index (κ1) is 15.9. The van der Waals surface area contributed by atoms with Crippen molar-refractivity contribution in [1.29, 1.82) is 0 Å². The van der Waals surface area contributed by atoms with Crippen LogP contribution in [0.1, 0.15) is 43.9 Å². The number of hydrogen-bond acceptors (Lipinski definition) is 4. The van der Waals surface area contributed by atoms with Gasteiger partial charge >= 0.3 is 0 Å². The number of nitrogens with one attached hydrogen (secondary N) is 2. The molecule has 1 aromatic carbocycles. The fourth-order valence-electron chi connectivity index (χ4n) is 3.41. The Morgan fingerprint density at radius 3 is 2.84 bits per heavy atom. The third-order valence-corrected chi connectivity index (χ3v) is 4.70. The molecule has 0 saturated heterocycles. The Kier molecular flexibility index (Phi) is 3.63. The summed E-state index contributed by atoms with van der Waals surface area (Å²) in [6.45, 7) is 6.76. The standard InChI is InChI=1S/C19H23N5O/c1-19(2,3)24-16-15(11-21-24)17(25)23-18(22-16)20-10-12-7-8-13-5-4-6-14(13)9-12/h7-9,11H,4-6,10H2,1-3H3,(H2,20,22,23,25). The summed E-state index contributed by atoms with van der Waals surface area (Å²) in [6, 6.07) is 6.62. The van der Waals surface area contributed by atoms with Crippen molar-refractivity contribution < 1.29 is 0 Å². The van der Waals surface area contributed by atoms with Crippen molar-refractivity contribution in [3.05, 3.63) is 51.4 Å². The molecule has 25 heavy (non-hydrogen) atoms. The van der Waals surface area contributed by atoms with Crippen LogP contribution in [-0.2, 0) is 24.9 Å². The predicted octanol–water partition coefficient (Wildman–Crippen LogP) is 2.98. The Morgan fingerprint density at radius 2 is 2.04 bits per heavy atom. The number of H-pyrrole nitrogens is 1. The molecule has 1 aliphatic rings. The highest BCUT2D eigenvalue weighted by molar-refractivity contribution is 5.74. The highest BCUT2D eigenvalue weighted by Crippen LogP contribution is 2.23. The van der Waals surface area contributed by atoms with Crippen LogP contribution < -0.4 is 10.9 Å². The van der Waals surface area contributed by atoms with Gasteiger partial charge in [0.1, 0.15) is 5.39 Å². The summed E-state index contributed by atoms with van der Waals surface area (Å²) >= 11 is 0. The largest absolute Gasteiger partial charge is 0.352 e. The maximum Gasteiger partial charge on any atom is 0.263 e. The van der Waals surface area contributed by atoms with Gasteiger partial charge in [-0.05, 0) is 56.7 Å². The van der Waals surface area contributed by atoms with Crippen LogP contribution in [-0.4, -0.2) is 19.7 Å². The zero-order chi connectivity index (χ0) is 17.6. The molecule has 2 N–H and O–H groups in total. The van der Waals surface area contributed by atoms with Crippen molar-refractivity contribution in [2.45, 2.75) is 52.1 Å². The van der Waals surface area contributed by atoms with Gasteiger partial charge in [0, 0.05) is 6.54 Å². The van der Waals surface area contributed by atoms with E-state index >= 15 is 0 Å². The Labute approximate surface area is 146 Å². The van der Waals surface area contributed by atoms with Crippen molar-refractivity contribution in [2.24, 2.45) is 0 Å². The average molecular weight is 337 g/mol. The van der Waals surface area contributed by atoms with E-state index in [0.29, 0.717) is 23.5 Å². The van der Waals surface area contributed by atoms with Crippen LogP contribution in [0, 0.1) is 0 Å². The molecule has 1 aliphatic carbocycles. The summed E-state index contributed by atoms with van der Waals surface area (Å²) in [5, 5.41) is 8.09. The van der Waals surface area contributed by atoms with E-state index < -0.39 is 0 Å². The summed E-state index contributed by atoms with van der Waals surface area (Å²) < 4.78 is 1.79. The molecule has 6 heteroatoms. The third kappa shape index (κ3) is 2.92. The number of anilines is 1. The van der Waals surface area contributed by atoms with Gasteiger partial charge in [-0.1, -0.05) is 18.2 Å². The van der Waals surface area contributed by atoms with E-state index in [-0.39, 0.29) is 11.1 Å². The number of hydrogen-bond donors (Lipinski definition) is 2. The minimum absolute atomic E-state index is 0.169. The Balaban J connectivity index is 1.62. The Morgan fingerprint density at radius 1 is 1.24 bits per heavy atom. The number of fused-ring (bicyclic) bond motifs is 2. The Bertz CT molecular complexity index is 993. The van der Waals surface area contributed by atoms with Gasteiger partial charge in [-0.15, -0.1) is 0 Å². The second-order valence-electron chi connectivity index (χ2n) is 7.69. The van der Waals surface area contributed by atoms with Crippen LogP contribution in [0.5, 0.6) is 0 Å². The van der Waals surface area contributed by atoms with Gasteiger partial charge in [0.15, 0.2) is 5.65 Å². The van der Waals surface area contributed by atoms with E-state index in [0.717, 1.165) is 6.42 Å². The summed E-state index contributed by atoms with van der Waals surface area (Å²) in [7, 11) is 0. The number of aromatic nitrogens is 4. The van der Waals surface area contributed by atoms with Gasteiger partial charge in [-0.25, -0.2) is 4.68 Å². The van der Waals surface area contributed by atoms with Crippen molar-refractivity contribution >= 4 is 17.0 Å². The molecule has 0 bridgehead atoms. The van der Waals surface area contributed by atoms with Crippen molar-refractivity contribution in [3.8, 4) is 0 Å². The zero-order valence-corrected chi connectivity index (χ0v) is 14.9. The molecule has 3 aromatic rings. The second-order valence-corrected chi connectivity index (χ2v) is 7.69. The van der Waals surface area contributed by atoms with Crippen molar-refractivity contribution in [3.63, 3.8) is 0 Å². The van der Waals surface area contributed by atoms with Gasteiger partial charge in [-0.2, -0.15) is 10.1 Å². The second kappa shape index (κ2) is 5.72. The highest BCUT2D eigenvalue weighted by Gasteiger charge is 2.20. The van der Waals surface area contributed by atoms with Crippen molar-refractivity contribution in [1.82, 2.24) is 19.7 Å². The minimum atomic E-state index is -0.236. The number of aromatic amines is 1. The number of aryl methyl sites for hydroxylation is 2. The van der Waals surface area contributed by atoms with Crippen LogP contribution in [0.3, 0.4) is 0 Å². The SMILES string of the molecule is CC(C)(C)n1ncc2c(=O)[nH]c(NCc3ccc4c(c3)CCC4)nc21. The fraction of sp³-hybridized carbons (Fsp3) is 0.421. The predicted molar refractivity (Wildman–Crippen MR) is 98.9 cm³/mol. The number of benzene rings is 1. The average Bonchev–Trinajstić information content (AvgIpc) is 3.18. The molecule has 0 saturated carbocycles. The first-order chi connectivity index (χ1) is 11.9. The molecule has 2 heterocycles. The molecular formula is C19H23N5O. The third-order valence-electron chi connectivity index (χ3n) is 4.70. The van der Waals surface area contributed by atoms with Crippen LogP contribution >= 0.6 is 0 Å². The molecule has 6 nitrogen and oxygen atoms in total. The molecule has 0 atom stereocenters. The van der Waals surface area contributed by atoms with Crippen LogP contribution in [0.15, 0.2) is 29.2 Å². The number of rotatable bonds is 3. The lowest BCUT2D eigenvalue weighted by Crippen LogP contribution is -2.24. The first-order valence-corrected chi connectivity index (χ1v) is 8.75. The van der Waals surface area contributed by atoms with Gasteiger partial charge < -0.3 is 5.32 Å². The lowest BCUT2D eigenvalue weighted by Gasteiger charge is -2.19. The van der Waals surface area contributed by atoms with E-state index in [2.05, 4.69) is 38.6 Å². The van der Waals surface area contributed by atoms with E-state index in [4.69, 9.17) is 0 Å². The maximum atomic E-state index is 12.3. The van der Waals surface area contributed by atoms with Crippen LogP contribution in [0.2, 0.25) is 0 Å². The smallest absolute Gasteiger partial charge is 0.263 e. The van der Waals surface area contributed by atoms with Crippen LogP contribution in [0.25, 0.3) is 11.0 Å². The molecule has 0 unspecified atom stereocenters. The summed E-state index contributed by atoms with van der Waals surface area (Å²) in [6.07, 6.45) is 5.17. The molecule has 130 valence electrons. The molecular weight excluding hydrogens is 314 g/mol. The fourth-order valence-corrected chi connectivity index (χ4v) is 3.41. The van der Waals surface area contributed by atoms with E-state index in [1.165, 1.54) is 29.5 Å². The quantitative estimate of drug-likeness (QED) is 0.770. The molecule has 2 aromatic heterocycles. The Hall–Kier alpha value is -2.63. The van der Waals surface area contributed by atoms with Gasteiger partial charge in [0.25, 0.3) is 5.56 Å². The molecule has 0 amide bonds. The lowest BCUT2D eigenvalue weighted by molar-refractivity contribution is 0.366. The van der Waals surface area contributed by atoms with Gasteiger partial charge in [0.05, 0.1) is 11.7 Å². The molecule has 0 radical (unpaired) electrons. The van der Waals surface area contributed by atoms with E-state index in [9.17, 15) is 4.79 Å².